The van der Waals surface area contributed by atoms with Crippen LogP contribution < -0.4 is 5.32 Å². The Morgan fingerprint density at radius 2 is 1.92 bits per heavy atom. The molecule has 0 aliphatic heterocycles. The molecule has 1 N–H and O–H groups in total. The molecule has 1 aromatic heterocycles. The summed E-state index contributed by atoms with van der Waals surface area (Å²) in [4.78, 5) is 15.2. The Kier molecular flexibility index (Phi) is 6.21. The number of benzene rings is 1. The number of nitrogens with one attached hydrogen (secondary N) is 1. The average Bonchev–Trinajstić information content (AvgIpc) is 3.06. The first-order valence-corrected chi connectivity index (χ1v) is 10.1. The first-order chi connectivity index (χ1) is 11.7. The van der Waals surface area contributed by atoms with Crippen molar-refractivity contribution in [1.29, 1.82) is 0 Å². The molecule has 2 rings (SSSR count). The van der Waals surface area contributed by atoms with Gasteiger partial charge in [0.2, 0.25) is 15.9 Å². The molecule has 0 bridgehead atoms. The highest BCUT2D eigenvalue weighted by Gasteiger charge is 2.18. The average molecular weight is 382 g/mol. The summed E-state index contributed by atoms with van der Waals surface area (Å²) in [5.41, 5.74) is 1.52. The molecule has 1 aromatic carbocycles. The highest BCUT2D eigenvalue weighted by Crippen LogP contribution is 2.22. The molecule has 0 atom stereocenters. The maximum Gasteiger partial charge on any atom is 0.242 e. The van der Waals surface area contributed by atoms with Crippen LogP contribution in [0.5, 0.6) is 0 Å². The van der Waals surface area contributed by atoms with Gasteiger partial charge in [0.25, 0.3) is 0 Å². The van der Waals surface area contributed by atoms with Gasteiger partial charge in [-0.15, -0.1) is 11.3 Å². The first-order valence-electron chi connectivity index (χ1n) is 7.75. The van der Waals surface area contributed by atoms with Gasteiger partial charge in [-0.2, -0.15) is 0 Å². The predicted octanol–water partition coefficient (Wildman–Crippen LogP) is 2.38. The van der Waals surface area contributed by atoms with Gasteiger partial charge in [-0.05, 0) is 36.1 Å². The van der Waals surface area contributed by atoms with E-state index in [-0.39, 0.29) is 17.3 Å². The Balaban J connectivity index is 2.06. The normalized spacial score (nSPS) is 11.6. The molecule has 6 nitrogen and oxygen atoms in total. The Morgan fingerprint density at radius 1 is 1.20 bits per heavy atom. The third-order valence-electron chi connectivity index (χ3n) is 3.82. The molecule has 0 saturated heterocycles. The molecule has 1 amide bonds. The molecular formula is C17H23N3O3S2. The second kappa shape index (κ2) is 7.99. The van der Waals surface area contributed by atoms with E-state index in [0.29, 0.717) is 12.2 Å². The van der Waals surface area contributed by atoms with E-state index in [0.717, 1.165) is 10.4 Å². The molecule has 8 heteroatoms. The fraction of sp³-hybridized carbons (Fsp3) is 0.353. The van der Waals surface area contributed by atoms with E-state index in [1.165, 1.54) is 18.4 Å². The Morgan fingerprint density at radius 3 is 2.52 bits per heavy atom. The third-order valence-corrected chi connectivity index (χ3v) is 6.49. The number of amides is 1. The van der Waals surface area contributed by atoms with Gasteiger partial charge >= 0.3 is 0 Å². The summed E-state index contributed by atoms with van der Waals surface area (Å²) in [6.45, 7) is 2.54. The van der Waals surface area contributed by atoms with Crippen LogP contribution in [0.15, 0.2) is 40.6 Å². The topological polar surface area (TPSA) is 69.7 Å². The summed E-state index contributed by atoms with van der Waals surface area (Å²) in [6.07, 6.45) is 0. The summed E-state index contributed by atoms with van der Waals surface area (Å²) in [7, 11) is 1.23. The number of anilines is 1. The number of carbonyl (C=O) groups excluding carboxylic acids is 1. The minimum absolute atomic E-state index is 0.0614. The van der Waals surface area contributed by atoms with Crippen molar-refractivity contribution in [2.24, 2.45) is 0 Å². The SMILES string of the molecule is Cc1ccc(S(=O)(=O)N(C)C)cc1NCC(=O)N(C)Cc1cccs1. The maximum absolute atomic E-state index is 12.3. The van der Waals surface area contributed by atoms with E-state index in [4.69, 9.17) is 0 Å². The molecule has 0 radical (unpaired) electrons. The van der Waals surface area contributed by atoms with Crippen LogP contribution in [-0.2, 0) is 21.4 Å². The molecule has 136 valence electrons. The van der Waals surface area contributed by atoms with Crippen LogP contribution >= 0.6 is 11.3 Å². The maximum atomic E-state index is 12.3. The van der Waals surface area contributed by atoms with Gasteiger partial charge in [0.15, 0.2) is 0 Å². The van der Waals surface area contributed by atoms with Gasteiger partial charge in [-0.25, -0.2) is 12.7 Å². The van der Waals surface area contributed by atoms with Crippen LogP contribution in [0.4, 0.5) is 5.69 Å². The predicted molar refractivity (Wildman–Crippen MR) is 101 cm³/mol. The molecule has 0 aliphatic carbocycles. The molecular weight excluding hydrogens is 358 g/mol. The second-order valence-corrected chi connectivity index (χ2v) is 9.13. The van der Waals surface area contributed by atoms with Gasteiger partial charge in [0.05, 0.1) is 18.0 Å². The van der Waals surface area contributed by atoms with Crippen molar-refractivity contribution < 1.29 is 13.2 Å². The highest BCUT2D eigenvalue weighted by molar-refractivity contribution is 7.89. The lowest BCUT2D eigenvalue weighted by Gasteiger charge is -2.18. The number of thiophene rings is 1. The van der Waals surface area contributed by atoms with E-state index in [2.05, 4.69) is 5.32 Å². The van der Waals surface area contributed by atoms with Crippen LogP contribution in [-0.4, -0.2) is 51.2 Å². The number of likely N-dealkylation sites (N-methyl/N-ethyl adjacent to an activating group) is 1. The molecule has 0 spiro atoms. The number of sulfonamides is 1. The number of aryl methyl sites for hydroxylation is 1. The van der Waals surface area contributed by atoms with Crippen molar-refractivity contribution in [2.75, 3.05) is 33.0 Å². The lowest BCUT2D eigenvalue weighted by Crippen LogP contribution is -2.31. The molecule has 0 saturated carbocycles. The monoisotopic (exact) mass is 381 g/mol. The standard InChI is InChI=1S/C17H23N3O3S2/c1-13-7-8-15(25(22,23)19(2)3)10-16(13)18-11-17(21)20(4)12-14-6-5-9-24-14/h5-10,18H,11-12H2,1-4H3. The number of rotatable bonds is 7. The van der Waals surface area contributed by atoms with Crippen molar-refractivity contribution in [2.45, 2.75) is 18.4 Å². The van der Waals surface area contributed by atoms with E-state index in [1.807, 2.05) is 24.4 Å². The van der Waals surface area contributed by atoms with Gasteiger partial charge in [-0.1, -0.05) is 12.1 Å². The summed E-state index contributed by atoms with van der Waals surface area (Å²) >= 11 is 1.61. The molecule has 0 aliphatic rings. The molecule has 2 aromatic rings. The zero-order valence-electron chi connectivity index (χ0n) is 14.8. The zero-order chi connectivity index (χ0) is 18.6. The Labute approximate surface area is 153 Å². The van der Waals surface area contributed by atoms with Crippen molar-refractivity contribution >= 4 is 33.0 Å². The lowest BCUT2D eigenvalue weighted by molar-refractivity contribution is -0.128. The molecule has 25 heavy (non-hydrogen) atoms. The van der Waals surface area contributed by atoms with Crippen LogP contribution in [0, 0.1) is 6.92 Å². The highest BCUT2D eigenvalue weighted by atomic mass is 32.2. The second-order valence-electron chi connectivity index (χ2n) is 5.95. The molecule has 0 fully saturated rings. The smallest absolute Gasteiger partial charge is 0.242 e. The van der Waals surface area contributed by atoms with E-state index >= 15 is 0 Å². The number of hydrogen-bond donors (Lipinski definition) is 1. The Hall–Kier alpha value is -1.90. The minimum atomic E-state index is -3.51. The van der Waals surface area contributed by atoms with E-state index in [9.17, 15) is 13.2 Å². The van der Waals surface area contributed by atoms with E-state index < -0.39 is 10.0 Å². The fourth-order valence-corrected chi connectivity index (χ4v) is 3.88. The fourth-order valence-electron chi connectivity index (χ4n) is 2.19. The van der Waals surface area contributed by atoms with Crippen LogP contribution in [0.2, 0.25) is 0 Å². The molecule has 0 unspecified atom stereocenters. The van der Waals surface area contributed by atoms with Crippen LogP contribution in [0.25, 0.3) is 0 Å². The van der Waals surface area contributed by atoms with Gasteiger partial charge in [0.1, 0.15) is 0 Å². The number of nitrogens with zero attached hydrogens (tertiary/aromatic N) is 2. The van der Waals surface area contributed by atoms with Crippen molar-refractivity contribution in [3.63, 3.8) is 0 Å². The van der Waals surface area contributed by atoms with Crippen LogP contribution in [0.3, 0.4) is 0 Å². The third kappa shape index (κ3) is 4.81. The summed E-state index contributed by atoms with van der Waals surface area (Å²) < 4.78 is 25.7. The van der Waals surface area contributed by atoms with Gasteiger partial charge < -0.3 is 10.2 Å². The number of hydrogen-bond acceptors (Lipinski definition) is 5. The number of carbonyl (C=O) groups is 1. The van der Waals surface area contributed by atoms with Crippen molar-refractivity contribution in [1.82, 2.24) is 9.21 Å². The largest absolute Gasteiger partial charge is 0.376 e. The Bertz CT molecular complexity index is 831. The van der Waals surface area contributed by atoms with E-state index in [1.54, 1.807) is 41.5 Å². The van der Waals surface area contributed by atoms with Gasteiger partial charge in [0, 0.05) is 31.7 Å². The van der Waals surface area contributed by atoms with Gasteiger partial charge in [-0.3, -0.25) is 4.79 Å². The first kappa shape index (κ1) is 19.4. The van der Waals surface area contributed by atoms with Crippen molar-refractivity contribution in [3.8, 4) is 0 Å². The summed E-state index contributed by atoms with van der Waals surface area (Å²) in [5.74, 6) is -0.0614. The summed E-state index contributed by atoms with van der Waals surface area (Å²) in [6, 6.07) is 8.81. The summed E-state index contributed by atoms with van der Waals surface area (Å²) in [5, 5.41) is 5.03. The minimum Gasteiger partial charge on any atom is -0.376 e. The van der Waals surface area contributed by atoms with Crippen molar-refractivity contribution in [3.05, 3.63) is 46.2 Å². The van der Waals surface area contributed by atoms with Crippen LogP contribution in [0.1, 0.15) is 10.4 Å². The molecule has 1 heterocycles. The lowest BCUT2D eigenvalue weighted by atomic mass is 10.2. The quantitative estimate of drug-likeness (QED) is 0.799. The zero-order valence-corrected chi connectivity index (χ0v) is 16.4.